The monoisotopic (exact) mass is 505 g/mol. The van der Waals surface area contributed by atoms with Gasteiger partial charge in [0, 0.05) is 38.6 Å². The van der Waals surface area contributed by atoms with Crippen LogP contribution in [0, 0.1) is 12.8 Å². The maximum absolute atomic E-state index is 6.15. The number of nitrogens with zero attached hydrogens (tertiary/aromatic N) is 1. The van der Waals surface area contributed by atoms with Gasteiger partial charge in [0.25, 0.3) is 0 Å². The van der Waals surface area contributed by atoms with Gasteiger partial charge in [0.05, 0.1) is 6.10 Å². The molecule has 2 aromatic carbocycles. The summed E-state index contributed by atoms with van der Waals surface area (Å²) >= 11 is 0. The molecule has 1 heterocycles. The molecule has 0 aromatic heterocycles. The third-order valence-corrected chi connectivity index (χ3v) is 6.08. The van der Waals surface area contributed by atoms with E-state index in [1.807, 2.05) is 7.05 Å². The summed E-state index contributed by atoms with van der Waals surface area (Å²) in [6, 6.07) is 17.5. The van der Waals surface area contributed by atoms with Crippen molar-refractivity contribution in [3.8, 4) is 0 Å². The lowest BCUT2D eigenvalue weighted by Crippen LogP contribution is -2.44. The normalized spacial score (nSPS) is 23.4. The van der Waals surface area contributed by atoms with Gasteiger partial charge in [-0.2, -0.15) is 0 Å². The zero-order valence-electron chi connectivity index (χ0n) is 17.4. The number of ether oxygens (including phenoxy) is 1. The predicted octanol–water partition coefficient (Wildman–Crippen LogP) is 4.59. The van der Waals surface area contributed by atoms with Crippen LogP contribution in [0.2, 0.25) is 0 Å². The number of aliphatic imine (C=N–C) groups is 1. The molecule has 0 amide bonds. The molecule has 2 N–H and O–H groups in total. The van der Waals surface area contributed by atoms with E-state index in [-0.39, 0.29) is 30.1 Å². The number of benzene rings is 2. The Labute approximate surface area is 191 Å². The van der Waals surface area contributed by atoms with Crippen molar-refractivity contribution in [2.75, 3.05) is 26.7 Å². The molecule has 1 saturated heterocycles. The van der Waals surface area contributed by atoms with Gasteiger partial charge in [-0.15, -0.1) is 24.0 Å². The molecule has 2 aromatic rings. The molecular weight excluding hydrogens is 473 g/mol. The molecule has 1 aliphatic heterocycles. The number of rotatable bonds is 5. The summed E-state index contributed by atoms with van der Waals surface area (Å²) in [6.45, 7) is 4.78. The standard InChI is InChI=1S/C24H31N3O.HI/c1-17-9-11-18(12-10-17)23-20(7-5-13-28-23)15-26-24(25-2)27-16-21-14-19-6-3-4-8-22(19)21;/h3-4,6,8-12,20-21,23H,5,7,13-16H2,1-2H3,(H2,25,26,27);1H. The Kier molecular flexibility index (Phi) is 7.95. The largest absolute Gasteiger partial charge is 0.373 e. The molecule has 2 aliphatic rings. The Hall–Kier alpha value is -1.60. The summed E-state index contributed by atoms with van der Waals surface area (Å²) < 4.78 is 6.15. The minimum atomic E-state index is 0. The second kappa shape index (κ2) is 10.4. The molecular formula is C24H32IN3O. The molecule has 4 nitrogen and oxygen atoms in total. The van der Waals surface area contributed by atoms with E-state index in [1.54, 1.807) is 0 Å². The maximum atomic E-state index is 6.15. The first-order chi connectivity index (χ1) is 13.7. The van der Waals surface area contributed by atoms with Crippen molar-refractivity contribution >= 4 is 29.9 Å². The molecule has 1 aliphatic carbocycles. The van der Waals surface area contributed by atoms with Crippen LogP contribution in [0.25, 0.3) is 0 Å². The summed E-state index contributed by atoms with van der Waals surface area (Å²) in [5.41, 5.74) is 5.53. The molecule has 4 rings (SSSR count). The van der Waals surface area contributed by atoms with Gasteiger partial charge >= 0.3 is 0 Å². The van der Waals surface area contributed by atoms with E-state index >= 15 is 0 Å². The van der Waals surface area contributed by atoms with E-state index in [4.69, 9.17) is 4.74 Å². The van der Waals surface area contributed by atoms with Gasteiger partial charge in [0.15, 0.2) is 5.96 Å². The minimum Gasteiger partial charge on any atom is -0.373 e. The molecule has 5 heteroatoms. The van der Waals surface area contributed by atoms with Crippen LogP contribution >= 0.6 is 24.0 Å². The first kappa shape index (κ1) is 22.1. The predicted molar refractivity (Wildman–Crippen MR) is 130 cm³/mol. The van der Waals surface area contributed by atoms with Crippen molar-refractivity contribution in [1.29, 1.82) is 0 Å². The highest BCUT2D eigenvalue weighted by molar-refractivity contribution is 14.0. The first-order valence-electron chi connectivity index (χ1n) is 10.4. The number of halogens is 1. The highest BCUT2D eigenvalue weighted by Crippen LogP contribution is 2.34. The summed E-state index contributed by atoms with van der Waals surface area (Å²) in [7, 11) is 1.85. The average Bonchev–Trinajstić information content (AvgIpc) is 2.72. The molecule has 0 bridgehead atoms. The van der Waals surface area contributed by atoms with Crippen molar-refractivity contribution < 1.29 is 4.74 Å². The lowest BCUT2D eigenvalue weighted by Gasteiger charge is -2.33. The SMILES string of the molecule is CN=C(NCC1Cc2ccccc21)NCC1CCCOC1c1ccc(C)cc1.I. The van der Waals surface area contributed by atoms with E-state index in [1.165, 1.54) is 28.7 Å². The zero-order valence-corrected chi connectivity index (χ0v) is 19.7. The topological polar surface area (TPSA) is 45.7 Å². The first-order valence-corrected chi connectivity index (χ1v) is 10.4. The van der Waals surface area contributed by atoms with Crippen LogP contribution in [0.1, 0.15) is 47.1 Å². The fraction of sp³-hybridized carbons (Fsp3) is 0.458. The fourth-order valence-corrected chi connectivity index (χ4v) is 4.39. The Bertz CT molecular complexity index is 821. The van der Waals surface area contributed by atoms with E-state index in [2.05, 4.69) is 71.1 Å². The van der Waals surface area contributed by atoms with E-state index < -0.39 is 0 Å². The van der Waals surface area contributed by atoms with Gasteiger partial charge in [-0.1, -0.05) is 54.1 Å². The number of hydrogen-bond acceptors (Lipinski definition) is 2. The van der Waals surface area contributed by atoms with Gasteiger partial charge < -0.3 is 15.4 Å². The number of nitrogens with one attached hydrogen (secondary N) is 2. The van der Waals surface area contributed by atoms with Crippen LogP contribution in [0.5, 0.6) is 0 Å². The highest BCUT2D eigenvalue weighted by Gasteiger charge is 2.28. The van der Waals surface area contributed by atoms with Crippen molar-refractivity contribution in [3.63, 3.8) is 0 Å². The molecule has 29 heavy (non-hydrogen) atoms. The van der Waals surface area contributed by atoms with Crippen LogP contribution in [-0.2, 0) is 11.2 Å². The van der Waals surface area contributed by atoms with Crippen LogP contribution < -0.4 is 10.6 Å². The lowest BCUT2D eigenvalue weighted by molar-refractivity contribution is -0.0265. The number of hydrogen-bond donors (Lipinski definition) is 2. The zero-order chi connectivity index (χ0) is 19.3. The van der Waals surface area contributed by atoms with Crippen LogP contribution in [-0.4, -0.2) is 32.7 Å². The van der Waals surface area contributed by atoms with Gasteiger partial charge in [-0.05, 0) is 42.9 Å². The van der Waals surface area contributed by atoms with Gasteiger partial charge in [-0.3, -0.25) is 4.99 Å². The molecule has 0 spiro atoms. The lowest BCUT2D eigenvalue weighted by atomic mass is 9.78. The highest BCUT2D eigenvalue weighted by atomic mass is 127. The summed E-state index contributed by atoms with van der Waals surface area (Å²) in [5.74, 6) is 1.94. The Morgan fingerprint density at radius 3 is 2.59 bits per heavy atom. The molecule has 0 saturated carbocycles. The number of fused-ring (bicyclic) bond motifs is 1. The molecule has 3 atom stereocenters. The second-order valence-corrected chi connectivity index (χ2v) is 8.04. The average molecular weight is 505 g/mol. The molecule has 1 fully saturated rings. The third-order valence-electron chi connectivity index (χ3n) is 6.08. The van der Waals surface area contributed by atoms with Crippen LogP contribution in [0.15, 0.2) is 53.5 Å². The fourth-order valence-electron chi connectivity index (χ4n) is 4.39. The molecule has 156 valence electrons. The van der Waals surface area contributed by atoms with Crippen molar-refractivity contribution in [3.05, 3.63) is 70.8 Å². The number of aryl methyl sites for hydroxylation is 1. The quantitative estimate of drug-likeness (QED) is 0.355. The number of guanidine groups is 1. The van der Waals surface area contributed by atoms with Gasteiger partial charge in [0.1, 0.15) is 0 Å². The van der Waals surface area contributed by atoms with E-state index in [0.717, 1.165) is 38.5 Å². The minimum absolute atomic E-state index is 0. The summed E-state index contributed by atoms with van der Waals surface area (Å²) in [5, 5.41) is 7.05. The Balaban J connectivity index is 0.00000240. The van der Waals surface area contributed by atoms with Crippen LogP contribution in [0.4, 0.5) is 0 Å². The van der Waals surface area contributed by atoms with Gasteiger partial charge in [0.2, 0.25) is 0 Å². The maximum Gasteiger partial charge on any atom is 0.191 e. The van der Waals surface area contributed by atoms with Crippen molar-refractivity contribution in [2.45, 2.75) is 38.2 Å². The van der Waals surface area contributed by atoms with E-state index in [0.29, 0.717) is 11.8 Å². The van der Waals surface area contributed by atoms with E-state index in [9.17, 15) is 0 Å². The Morgan fingerprint density at radius 2 is 1.83 bits per heavy atom. The summed E-state index contributed by atoms with van der Waals surface area (Å²) in [6.07, 6.45) is 3.63. The Morgan fingerprint density at radius 1 is 1.07 bits per heavy atom. The van der Waals surface area contributed by atoms with Crippen molar-refractivity contribution in [1.82, 2.24) is 10.6 Å². The summed E-state index contributed by atoms with van der Waals surface area (Å²) in [4.78, 5) is 4.42. The molecule has 0 radical (unpaired) electrons. The van der Waals surface area contributed by atoms with Crippen molar-refractivity contribution in [2.24, 2.45) is 10.9 Å². The van der Waals surface area contributed by atoms with Gasteiger partial charge in [-0.25, -0.2) is 0 Å². The third kappa shape index (κ3) is 5.31. The molecule has 3 unspecified atom stereocenters. The smallest absolute Gasteiger partial charge is 0.191 e. The van der Waals surface area contributed by atoms with Crippen LogP contribution in [0.3, 0.4) is 0 Å². The second-order valence-electron chi connectivity index (χ2n) is 8.04.